The second-order valence-corrected chi connectivity index (χ2v) is 10.9. The second kappa shape index (κ2) is 17.3. The Morgan fingerprint density at radius 2 is 1.33 bits per heavy atom. The lowest BCUT2D eigenvalue weighted by atomic mass is 10.0. The van der Waals surface area contributed by atoms with Gasteiger partial charge in [-0.3, -0.25) is 44.9 Å². The van der Waals surface area contributed by atoms with Gasteiger partial charge >= 0.3 is 0 Å². The van der Waals surface area contributed by atoms with Crippen LogP contribution in [0.15, 0.2) is 48.5 Å². The lowest BCUT2D eigenvalue weighted by Gasteiger charge is -2.21. The molecule has 244 valence electrons. The summed E-state index contributed by atoms with van der Waals surface area (Å²) in [5.74, 6) is -3.31. The zero-order valence-electron chi connectivity index (χ0n) is 25.2. The minimum Gasteiger partial charge on any atom is -0.508 e. The standard InChI is InChI=1S/C29H40N8O8/c1-16(2)12-22(30)28(42)35-36-29(43)24(14-19-4-8-20(9-5-19)37(44)45)34-25(39)15-32-26(40)17(3)33-27(41)23(31)13-18-6-10-21(38)11-7-18/h4-11,16-17,22-24,38H,12-15,30-31H2,1-3H3,(H,32,40)(H,33,41)(H,34,39)(H,35,42)(H,36,43)/t17-,22+,23+,24+/m1/s1. The van der Waals surface area contributed by atoms with E-state index in [9.17, 15) is 39.2 Å². The highest BCUT2D eigenvalue weighted by Gasteiger charge is 2.25. The number of nitrogens with two attached hydrogens (primary N) is 2. The normalized spacial score (nSPS) is 13.5. The quantitative estimate of drug-likeness (QED) is 0.0884. The monoisotopic (exact) mass is 628 g/mol. The van der Waals surface area contributed by atoms with Gasteiger partial charge in [-0.15, -0.1) is 0 Å². The molecule has 0 aliphatic rings. The van der Waals surface area contributed by atoms with Crippen molar-refractivity contribution in [1.82, 2.24) is 26.8 Å². The number of rotatable bonds is 15. The van der Waals surface area contributed by atoms with Crippen molar-refractivity contribution in [2.75, 3.05) is 6.54 Å². The number of hydrazine groups is 1. The van der Waals surface area contributed by atoms with Crippen LogP contribution in [0.4, 0.5) is 5.69 Å². The number of non-ortho nitro benzene ring substituents is 1. The van der Waals surface area contributed by atoms with Gasteiger partial charge in [0.1, 0.15) is 17.8 Å². The summed E-state index contributed by atoms with van der Waals surface area (Å²) < 4.78 is 0. The fourth-order valence-electron chi connectivity index (χ4n) is 4.05. The number of nitrogens with one attached hydrogen (secondary N) is 5. The van der Waals surface area contributed by atoms with E-state index < -0.39 is 65.2 Å². The van der Waals surface area contributed by atoms with Crippen LogP contribution >= 0.6 is 0 Å². The number of carbonyl (C=O) groups is 5. The van der Waals surface area contributed by atoms with E-state index in [1.54, 1.807) is 12.1 Å². The molecule has 45 heavy (non-hydrogen) atoms. The van der Waals surface area contributed by atoms with Gasteiger partial charge in [-0.2, -0.15) is 0 Å². The first-order chi connectivity index (χ1) is 21.2. The maximum Gasteiger partial charge on any atom is 0.269 e. The maximum absolute atomic E-state index is 12.9. The number of nitro groups is 1. The molecule has 5 amide bonds. The molecule has 0 fully saturated rings. The Balaban J connectivity index is 1.97. The van der Waals surface area contributed by atoms with E-state index in [1.165, 1.54) is 43.3 Å². The van der Waals surface area contributed by atoms with Crippen molar-refractivity contribution in [1.29, 1.82) is 0 Å². The highest BCUT2D eigenvalue weighted by molar-refractivity contribution is 5.93. The number of hydrogen-bond acceptors (Lipinski definition) is 10. The van der Waals surface area contributed by atoms with Crippen molar-refractivity contribution in [2.24, 2.45) is 17.4 Å². The molecule has 0 saturated carbocycles. The molecule has 0 saturated heterocycles. The molecule has 0 heterocycles. The highest BCUT2D eigenvalue weighted by Crippen LogP contribution is 2.14. The average molecular weight is 629 g/mol. The molecule has 2 aromatic rings. The van der Waals surface area contributed by atoms with Crippen LogP contribution in [0.2, 0.25) is 0 Å². The first kappa shape index (κ1) is 36.1. The predicted molar refractivity (Wildman–Crippen MR) is 163 cm³/mol. The number of hydrogen-bond donors (Lipinski definition) is 8. The molecule has 10 N–H and O–H groups in total. The number of carbonyl (C=O) groups excluding carboxylic acids is 5. The highest BCUT2D eigenvalue weighted by atomic mass is 16.6. The van der Waals surface area contributed by atoms with Gasteiger partial charge in [-0.1, -0.05) is 38.1 Å². The van der Waals surface area contributed by atoms with E-state index in [4.69, 9.17) is 11.5 Å². The average Bonchev–Trinajstić information content (AvgIpc) is 2.98. The van der Waals surface area contributed by atoms with Crippen LogP contribution in [-0.2, 0) is 36.8 Å². The van der Waals surface area contributed by atoms with Crippen molar-refractivity contribution < 1.29 is 34.0 Å². The number of nitro benzene ring substituents is 1. The Hall–Kier alpha value is -5.09. The van der Waals surface area contributed by atoms with Crippen molar-refractivity contribution in [3.63, 3.8) is 0 Å². The van der Waals surface area contributed by atoms with Crippen LogP contribution in [0, 0.1) is 16.0 Å². The molecule has 4 atom stereocenters. The number of aromatic hydroxyl groups is 1. The number of phenols is 1. The number of phenolic OH excluding ortho intramolecular Hbond substituents is 1. The third kappa shape index (κ3) is 12.6. The molecule has 2 aromatic carbocycles. The molecule has 2 rings (SSSR count). The number of nitrogens with zero attached hydrogens (tertiary/aromatic N) is 1. The zero-order valence-corrected chi connectivity index (χ0v) is 25.2. The van der Waals surface area contributed by atoms with E-state index >= 15 is 0 Å². The summed E-state index contributed by atoms with van der Waals surface area (Å²) in [5, 5.41) is 27.7. The van der Waals surface area contributed by atoms with Crippen molar-refractivity contribution in [3.8, 4) is 5.75 Å². The Kier molecular flexibility index (Phi) is 13.9. The summed E-state index contributed by atoms with van der Waals surface area (Å²) in [6, 6.07) is 7.29. The van der Waals surface area contributed by atoms with E-state index in [1.807, 2.05) is 13.8 Å². The Bertz CT molecular complexity index is 1350. The van der Waals surface area contributed by atoms with E-state index in [0.717, 1.165) is 0 Å². The summed E-state index contributed by atoms with van der Waals surface area (Å²) in [5.41, 5.74) is 17.2. The van der Waals surface area contributed by atoms with Gasteiger partial charge < -0.3 is 32.5 Å². The van der Waals surface area contributed by atoms with Crippen LogP contribution in [0.25, 0.3) is 0 Å². The van der Waals surface area contributed by atoms with Gasteiger partial charge in [0.25, 0.3) is 17.5 Å². The largest absolute Gasteiger partial charge is 0.508 e. The SMILES string of the molecule is CC(C)C[C@H](N)C(=O)NNC(=O)[C@H](Cc1ccc([N+](=O)[O-])cc1)NC(=O)CNC(=O)[C@@H](C)NC(=O)[C@@H](N)Cc1ccc(O)cc1. The molecule has 0 bridgehead atoms. The molecule has 0 unspecified atom stereocenters. The smallest absolute Gasteiger partial charge is 0.269 e. The third-order valence-corrected chi connectivity index (χ3v) is 6.51. The van der Waals surface area contributed by atoms with Gasteiger partial charge in [0.05, 0.1) is 23.6 Å². The van der Waals surface area contributed by atoms with E-state index in [0.29, 0.717) is 17.5 Å². The lowest BCUT2D eigenvalue weighted by Crippen LogP contribution is -2.57. The summed E-state index contributed by atoms with van der Waals surface area (Å²) in [6.45, 7) is 4.59. The van der Waals surface area contributed by atoms with Crippen LogP contribution in [-0.4, -0.2) is 70.3 Å². The zero-order chi connectivity index (χ0) is 33.7. The molecule has 0 aromatic heterocycles. The van der Waals surface area contributed by atoms with Gasteiger partial charge in [0, 0.05) is 18.6 Å². The van der Waals surface area contributed by atoms with Crippen molar-refractivity contribution in [3.05, 3.63) is 69.8 Å². The minimum atomic E-state index is -1.26. The van der Waals surface area contributed by atoms with Crippen LogP contribution in [0.3, 0.4) is 0 Å². The minimum absolute atomic E-state index is 0.0676. The molecule has 16 nitrogen and oxygen atoms in total. The molecule has 0 spiro atoms. The molecule has 0 radical (unpaired) electrons. The first-order valence-corrected chi connectivity index (χ1v) is 14.2. The summed E-state index contributed by atoms with van der Waals surface area (Å²) in [6.07, 6.45) is 0.418. The molecule has 16 heteroatoms. The second-order valence-electron chi connectivity index (χ2n) is 10.9. The van der Waals surface area contributed by atoms with E-state index in [-0.39, 0.29) is 30.2 Å². The Labute approximate surface area is 259 Å². The molecular formula is C29H40N8O8. The fourth-order valence-corrected chi connectivity index (χ4v) is 4.05. The fraction of sp³-hybridized carbons (Fsp3) is 0.414. The molecule has 0 aliphatic heterocycles. The van der Waals surface area contributed by atoms with Gasteiger partial charge in [0.2, 0.25) is 17.7 Å². The Morgan fingerprint density at radius 1 is 0.778 bits per heavy atom. The van der Waals surface area contributed by atoms with Crippen molar-refractivity contribution >= 4 is 35.2 Å². The predicted octanol–water partition coefficient (Wildman–Crippen LogP) is -0.961. The third-order valence-electron chi connectivity index (χ3n) is 6.51. The topological polar surface area (TPSA) is 261 Å². The van der Waals surface area contributed by atoms with Gasteiger partial charge in [-0.25, -0.2) is 0 Å². The van der Waals surface area contributed by atoms with Gasteiger partial charge in [-0.05, 0) is 48.9 Å². The first-order valence-electron chi connectivity index (χ1n) is 14.2. The summed E-state index contributed by atoms with van der Waals surface area (Å²) in [7, 11) is 0. The van der Waals surface area contributed by atoms with Crippen LogP contribution in [0.1, 0.15) is 38.3 Å². The van der Waals surface area contributed by atoms with Crippen LogP contribution < -0.4 is 38.3 Å². The van der Waals surface area contributed by atoms with E-state index in [2.05, 4.69) is 26.8 Å². The maximum atomic E-state index is 12.9. The number of benzene rings is 2. The Morgan fingerprint density at radius 3 is 1.91 bits per heavy atom. The molecular weight excluding hydrogens is 588 g/mol. The summed E-state index contributed by atoms with van der Waals surface area (Å²) >= 11 is 0. The lowest BCUT2D eigenvalue weighted by molar-refractivity contribution is -0.384. The van der Waals surface area contributed by atoms with Gasteiger partial charge in [0.15, 0.2) is 0 Å². The molecule has 0 aliphatic carbocycles. The van der Waals surface area contributed by atoms with Crippen molar-refractivity contribution in [2.45, 2.75) is 64.2 Å². The summed E-state index contributed by atoms with van der Waals surface area (Å²) in [4.78, 5) is 73.3. The number of amides is 5. The van der Waals surface area contributed by atoms with Crippen LogP contribution in [0.5, 0.6) is 5.75 Å².